The molecule has 6 nitrogen and oxygen atoms in total. The third-order valence-corrected chi connectivity index (χ3v) is 4.65. The van der Waals surface area contributed by atoms with Crippen molar-refractivity contribution in [3.8, 4) is 11.5 Å². The Bertz CT molecular complexity index is 953. The molecule has 0 spiro atoms. The SMILES string of the molecule is COc1ccc(C2Nc3ccccc3C(=O)N2Cc2ccco2)cc1OC. The maximum absolute atomic E-state index is 13.2. The Morgan fingerprint density at radius 1 is 1.04 bits per heavy atom. The molecule has 1 aliphatic heterocycles. The van der Waals surface area contributed by atoms with Gasteiger partial charge in [0.2, 0.25) is 0 Å². The number of hydrogen-bond donors (Lipinski definition) is 1. The summed E-state index contributed by atoms with van der Waals surface area (Å²) in [4.78, 5) is 14.9. The van der Waals surface area contributed by atoms with Gasteiger partial charge >= 0.3 is 0 Å². The fourth-order valence-corrected chi connectivity index (χ4v) is 3.31. The first-order valence-corrected chi connectivity index (χ1v) is 8.62. The predicted octanol–water partition coefficient (Wildman–Crippen LogP) is 4.06. The molecule has 1 aliphatic rings. The zero-order valence-corrected chi connectivity index (χ0v) is 15.1. The molecule has 0 aliphatic carbocycles. The second-order valence-corrected chi connectivity index (χ2v) is 6.22. The first-order valence-electron chi connectivity index (χ1n) is 8.62. The van der Waals surface area contributed by atoms with Crippen molar-refractivity contribution in [3.63, 3.8) is 0 Å². The van der Waals surface area contributed by atoms with Crippen LogP contribution in [0.5, 0.6) is 11.5 Å². The Labute approximate surface area is 157 Å². The van der Waals surface area contributed by atoms with E-state index in [0.29, 0.717) is 23.6 Å². The highest BCUT2D eigenvalue weighted by Crippen LogP contribution is 2.37. The molecule has 1 N–H and O–H groups in total. The van der Waals surface area contributed by atoms with E-state index >= 15 is 0 Å². The number of anilines is 1. The van der Waals surface area contributed by atoms with Crippen molar-refractivity contribution in [2.75, 3.05) is 19.5 Å². The summed E-state index contributed by atoms with van der Waals surface area (Å²) in [6.45, 7) is 0.353. The van der Waals surface area contributed by atoms with Gasteiger partial charge < -0.3 is 24.1 Å². The van der Waals surface area contributed by atoms with E-state index in [1.54, 1.807) is 25.4 Å². The molecule has 2 aromatic carbocycles. The summed E-state index contributed by atoms with van der Waals surface area (Å²) in [6, 6.07) is 16.8. The van der Waals surface area contributed by atoms with Gasteiger partial charge in [0.1, 0.15) is 11.9 Å². The third-order valence-electron chi connectivity index (χ3n) is 4.65. The number of para-hydroxylation sites is 1. The van der Waals surface area contributed by atoms with E-state index in [9.17, 15) is 4.79 Å². The highest BCUT2D eigenvalue weighted by molar-refractivity contribution is 6.01. The van der Waals surface area contributed by atoms with Gasteiger partial charge in [-0.05, 0) is 42.0 Å². The fourth-order valence-electron chi connectivity index (χ4n) is 3.31. The van der Waals surface area contributed by atoms with Gasteiger partial charge in [-0.15, -0.1) is 0 Å². The normalized spacial score (nSPS) is 15.9. The molecular weight excluding hydrogens is 344 g/mol. The second kappa shape index (κ2) is 7.07. The summed E-state index contributed by atoms with van der Waals surface area (Å²) in [5.74, 6) is 1.91. The number of fused-ring (bicyclic) bond motifs is 1. The molecular formula is C21H20N2O4. The number of carbonyl (C=O) groups excluding carboxylic acids is 1. The van der Waals surface area contributed by atoms with Crippen LogP contribution in [-0.2, 0) is 6.54 Å². The Balaban J connectivity index is 1.77. The fraction of sp³-hybridized carbons (Fsp3) is 0.190. The van der Waals surface area contributed by atoms with E-state index in [2.05, 4.69) is 5.32 Å². The standard InChI is InChI=1S/C21H20N2O4/c1-25-18-10-9-14(12-19(18)26-2)20-22-17-8-4-3-7-16(17)21(24)23(20)13-15-6-5-11-27-15/h3-12,20,22H,13H2,1-2H3. The number of nitrogens with zero attached hydrogens (tertiary/aromatic N) is 1. The molecule has 1 amide bonds. The van der Waals surface area contributed by atoms with Crippen molar-refractivity contribution in [2.24, 2.45) is 0 Å². The van der Waals surface area contributed by atoms with Gasteiger partial charge in [0, 0.05) is 5.69 Å². The van der Waals surface area contributed by atoms with Crippen LogP contribution in [0.15, 0.2) is 65.3 Å². The minimum Gasteiger partial charge on any atom is -0.493 e. The molecule has 2 heterocycles. The monoisotopic (exact) mass is 364 g/mol. The van der Waals surface area contributed by atoms with Crippen molar-refractivity contribution in [3.05, 3.63) is 77.7 Å². The summed E-state index contributed by atoms with van der Waals surface area (Å²) in [6.07, 6.45) is 1.24. The average Bonchev–Trinajstić information content (AvgIpc) is 3.22. The molecule has 6 heteroatoms. The summed E-state index contributed by atoms with van der Waals surface area (Å²) < 4.78 is 16.2. The third kappa shape index (κ3) is 3.10. The van der Waals surface area contributed by atoms with Crippen LogP contribution in [0, 0.1) is 0 Å². The molecule has 1 unspecified atom stereocenters. The molecule has 1 atom stereocenters. The molecule has 0 radical (unpaired) electrons. The van der Waals surface area contributed by atoms with Crippen molar-refractivity contribution >= 4 is 11.6 Å². The van der Waals surface area contributed by atoms with Gasteiger partial charge in [0.05, 0.1) is 32.6 Å². The minimum atomic E-state index is -0.364. The number of methoxy groups -OCH3 is 2. The van der Waals surface area contributed by atoms with E-state index in [-0.39, 0.29) is 12.1 Å². The zero-order valence-electron chi connectivity index (χ0n) is 15.1. The number of carbonyl (C=O) groups is 1. The molecule has 138 valence electrons. The highest BCUT2D eigenvalue weighted by Gasteiger charge is 2.33. The smallest absolute Gasteiger partial charge is 0.258 e. The lowest BCUT2D eigenvalue weighted by Gasteiger charge is -2.37. The Hall–Kier alpha value is -3.41. The minimum absolute atomic E-state index is 0.0551. The summed E-state index contributed by atoms with van der Waals surface area (Å²) >= 11 is 0. The molecule has 27 heavy (non-hydrogen) atoms. The number of amides is 1. The number of rotatable bonds is 5. The van der Waals surface area contributed by atoms with Crippen LogP contribution >= 0.6 is 0 Å². The van der Waals surface area contributed by atoms with Gasteiger partial charge in [-0.2, -0.15) is 0 Å². The number of furan rings is 1. The van der Waals surface area contributed by atoms with Crippen molar-refractivity contribution in [2.45, 2.75) is 12.7 Å². The zero-order chi connectivity index (χ0) is 18.8. The molecule has 3 aromatic rings. The van der Waals surface area contributed by atoms with Gasteiger partial charge in [0.15, 0.2) is 11.5 Å². The van der Waals surface area contributed by atoms with E-state index in [1.165, 1.54) is 0 Å². The second-order valence-electron chi connectivity index (χ2n) is 6.22. The maximum Gasteiger partial charge on any atom is 0.258 e. The lowest BCUT2D eigenvalue weighted by atomic mass is 10.0. The number of benzene rings is 2. The molecule has 0 fully saturated rings. The Morgan fingerprint density at radius 2 is 1.85 bits per heavy atom. The van der Waals surface area contributed by atoms with Crippen LogP contribution in [0.4, 0.5) is 5.69 Å². The first-order chi connectivity index (χ1) is 13.2. The van der Waals surface area contributed by atoms with Gasteiger partial charge in [-0.3, -0.25) is 4.79 Å². The summed E-state index contributed by atoms with van der Waals surface area (Å²) in [7, 11) is 3.19. The predicted molar refractivity (Wildman–Crippen MR) is 101 cm³/mol. The van der Waals surface area contributed by atoms with Gasteiger partial charge in [-0.1, -0.05) is 18.2 Å². The van der Waals surface area contributed by atoms with Crippen molar-refractivity contribution in [1.82, 2.24) is 4.90 Å². The van der Waals surface area contributed by atoms with E-state index in [4.69, 9.17) is 13.9 Å². The van der Waals surface area contributed by atoms with Crippen LogP contribution in [0.3, 0.4) is 0 Å². The number of hydrogen-bond acceptors (Lipinski definition) is 5. The molecule has 4 rings (SSSR count). The lowest BCUT2D eigenvalue weighted by molar-refractivity contribution is 0.0651. The van der Waals surface area contributed by atoms with E-state index in [1.807, 2.05) is 54.6 Å². The van der Waals surface area contributed by atoms with Crippen LogP contribution in [-0.4, -0.2) is 25.0 Å². The Kier molecular flexibility index (Phi) is 4.46. The van der Waals surface area contributed by atoms with Gasteiger partial charge in [-0.25, -0.2) is 0 Å². The summed E-state index contributed by atoms with van der Waals surface area (Å²) in [5.41, 5.74) is 2.33. The van der Waals surface area contributed by atoms with Gasteiger partial charge in [0.25, 0.3) is 5.91 Å². The van der Waals surface area contributed by atoms with Crippen LogP contribution in [0.1, 0.15) is 27.8 Å². The van der Waals surface area contributed by atoms with Crippen LogP contribution in [0.2, 0.25) is 0 Å². The quantitative estimate of drug-likeness (QED) is 0.740. The van der Waals surface area contributed by atoms with Crippen molar-refractivity contribution in [1.29, 1.82) is 0 Å². The Morgan fingerprint density at radius 3 is 2.59 bits per heavy atom. The maximum atomic E-state index is 13.2. The highest BCUT2D eigenvalue weighted by atomic mass is 16.5. The van der Waals surface area contributed by atoms with Crippen LogP contribution in [0.25, 0.3) is 0 Å². The molecule has 1 aromatic heterocycles. The van der Waals surface area contributed by atoms with Crippen LogP contribution < -0.4 is 14.8 Å². The van der Waals surface area contributed by atoms with Crippen molar-refractivity contribution < 1.29 is 18.7 Å². The number of ether oxygens (including phenoxy) is 2. The molecule has 0 saturated carbocycles. The largest absolute Gasteiger partial charge is 0.493 e. The first kappa shape index (κ1) is 17.0. The number of nitrogens with one attached hydrogen (secondary N) is 1. The molecule has 0 bridgehead atoms. The lowest BCUT2D eigenvalue weighted by Crippen LogP contribution is -2.42. The molecule has 0 saturated heterocycles. The topological polar surface area (TPSA) is 63.9 Å². The average molecular weight is 364 g/mol. The summed E-state index contributed by atoms with van der Waals surface area (Å²) in [5, 5.41) is 3.46. The van der Waals surface area contributed by atoms with E-state index in [0.717, 1.165) is 17.0 Å². The van der Waals surface area contributed by atoms with E-state index < -0.39 is 0 Å².